The summed E-state index contributed by atoms with van der Waals surface area (Å²) in [4.78, 5) is 17.1. The molecule has 5 rings (SSSR count). The molecule has 0 aliphatic rings. The van der Waals surface area contributed by atoms with Crippen molar-refractivity contribution in [3.05, 3.63) is 95.2 Å². The van der Waals surface area contributed by atoms with E-state index >= 15 is 0 Å². The van der Waals surface area contributed by atoms with E-state index in [0.717, 1.165) is 22.2 Å². The minimum Gasteiger partial charge on any atom is -0.545 e. The van der Waals surface area contributed by atoms with Crippen molar-refractivity contribution in [1.29, 1.82) is 0 Å². The van der Waals surface area contributed by atoms with E-state index in [1.54, 1.807) is 10.6 Å². The van der Waals surface area contributed by atoms with E-state index in [1.807, 2.05) is 81.6 Å². The van der Waals surface area contributed by atoms with Crippen molar-refractivity contribution in [2.24, 2.45) is 0 Å². The zero-order valence-electron chi connectivity index (χ0n) is 19.6. The molecule has 0 unspecified atom stereocenters. The number of benzene rings is 2. The number of fused-ring (bicyclic) bond motifs is 2. The quantitative estimate of drug-likeness (QED) is 0.374. The third kappa shape index (κ3) is 4.20. The molecule has 0 amide bonds. The SMILES string of the molecule is Cc1ccc(O[C@H](C)c2ccccc2)c2c(C(=O)[O-])cc(-c3nn4ccccc4c3C)nc12.[Na+]. The Morgan fingerprint density at radius 3 is 2.47 bits per heavy atom. The monoisotopic (exact) mass is 459 g/mol. The molecule has 0 bridgehead atoms. The molecule has 3 heterocycles. The largest absolute Gasteiger partial charge is 1.00 e. The molecule has 34 heavy (non-hydrogen) atoms. The molecule has 0 saturated carbocycles. The molecule has 0 fully saturated rings. The van der Waals surface area contributed by atoms with Gasteiger partial charge >= 0.3 is 29.6 Å². The molecule has 0 radical (unpaired) electrons. The minimum absolute atomic E-state index is 0. The van der Waals surface area contributed by atoms with Crippen LogP contribution in [0.3, 0.4) is 0 Å². The van der Waals surface area contributed by atoms with Crippen LogP contribution < -0.4 is 39.4 Å². The van der Waals surface area contributed by atoms with E-state index in [2.05, 4.69) is 5.10 Å². The Balaban J connectivity index is 0.00000274. The van der Waals surface area contributed by atoms with Crippen LogP contribution in [0.25, 0.3) is 27.8 Å². The minimum atomic E-state index is -1.28. The summed E-state index contributed by atoms with van der Waals surface area (Å²) in [6.45, 7) is 5.79. The van der Waals surface area contributed by atoms with E-state index < -0.39 is 5.97 Å². The van der Waals surface area contributed by atoms with Crippen LogP contribution in [-0.4, -0.2) is 20.6 Å². The van der Waals surface area contributed by atoms with E-state index in [4.69, 9.17) is 9.72 Å². The second-order valence-corrected chi connectivity index (χ2v) is 8.12. The summed E-state index contributed by atoms with van der Waals surface area (Å²) in [6, 6.07) is 20.8. The number of carboxylic acid groups (broad SMARTS) is 1. The number of carbonyl (C=O) groups is 1. The number of hydrogen-bond acceptors (Lipinski definition) is 5. The number of carboxylic acids is 1. The standard InChI is InChI=1S/C27H23N3O3.Na/c1-16-12-13-23(33-18(3)19-9-5-4-6-10-19)24-20(27(31)32)15-21(28-25(16)24)26-17(2)22-11-7-8-14-30(22)29-26;/h4-15,18H,1-3H3,(H,31,32);/q;+1/p-1/t18-;/m1./s1. The fourth-order valence-electron chi connectivity index (χ4n) is 4.17. The number of hydrogen-bond donors (Lipinski definition) is 0. The molecule has 0 aliphatic heterocycles. The Morgan fingerprint density at radius 1 is 1.03 bits per heavy atom. The molecule has 164 valence electrons. The smallest absolute Gasteiger partial charge is 0.545 e. The van der Waals surface area contributed by atoms with Crippen LogP contribution in [0.4, 0.5) is 0 Å². The van der Waals surface area contributed by atoms with Gasteiger partial charge in [-0.15, -0.1) is 0 Å². The van der Waals surface area contributed by atoms with Gasteiger partial charge in [0.05, 0.1) is 28.1 Å². The number of aromatic nitrogens is 3. The molecule has 0 spiro atoms. The van der Waals surface area contributed by atoms with Crippen molar-refractivity contribution in [3.8, 4) is 17.1 Å². The van der Waals surface area contributed by atoms with E-state index in [1.165, 1.54) is 6.07 Å². The molecule has 0 aliphatic carbocycles. The number of aryl methyl sites for hydroxylation is 2. The van der Waals surface area contributed by atoms with Gasteiger partial charge in [-0.25, -0.2) is 9.50 Å². The predicted octanol–water partition coefficient (Wildman–Crippen LogP) is 1.67. The number of pyridine rings is 2. The number of ether oxygens (including phenoxy) is 1. The van der Waals surface area contributed by atoms with Gasteiger partial charge in [0, 0.05) is 17.3 Å². The number of nitrogens with zero attached hydrogens (tertiary/aromatic N) is 3. The maximum Gasteiger partial charge on any atom is 1.00 e. The van der Waals surface area contributed by atoms with Gasteiger partial charge in [-0.1, -0.05) is 42.5 Å². The Bertz CT molecular complexity index is 1510. The summed E-state index contributed by atoms with van der Waals surface area (Å²) in [6.07, 6.45) is 1.58. The Hall–Kier alpha value is -3.19. The van der Waals surface area contributed by atoms with E-state index in [-0.39, 0.29) is 41.2 Å². The van der Waals surface area contributed by atoms with Crippen LogP contribution in [0.15, 0.2) is 72.9 Å². The molecule has 6 nitrogen and oxygen atoms in total. The first kappa shape index (κ1) is 24.0. The topological polar surface area (TPSA) is 79.5 Å². The van der Waals surface area contributed by atoms with Gasteiger partial charge in [0.15, 0.2) is 0 Å². The molecular formula is C27H22N3NaO3. The summed E-state index contributed by atoms with van der Waals surface area (Å²) < 4.78 is 7.99. The number of carbonyl (C=O) groups excluding carboxylic acids is 1. The summed E-state index contributed by atoms with van der Waals surface area (Å²) in [7, 11) is 0. The molecular weight excluding hydrogens is 437 g/mol. The van der Waals surface area contributed by atoms with Gasteiger partial charge in [-0.3, -0.25) is 0 Å². The molecule has 1 atom stereocenters. The van der Waals surface area contributed by atoms with Crippen molar-refractivity contribution in [3.63, 3.8) is 0 Å². The first-order valence-corrected chi connectivity index (χ1v) is 10.8. The summed E-state index contributed by atoms with van der Waals surface area (Å²) >= 11 is 0. The number of aromatic carboxylic acids is 1. The van der Waals surface area contributed by atoms with Gasteiger partial charge in [0.1, 0.15) is 17.5 Å². The normalized spacial score (nSPS) is 11.9. The van der Waals surface area contributed by atoms with Crippen LogP contribution in [0.1, 0.15) is 40.1 Å². The molecule has 0 N–H and O–H groups in total. The van der Waals surface area contributed by atoms with Gasteiger partial charge in [0.25, 0.3) is 0 Å². The van der Waals surface area contributed by atoms with Crippen molar-refractivity contribution >= 4 is 22.4 Å². The van der Waals surface area contributed by atoms with Crippen molar-refractivity contribution in [2.45, 2.75) is 26.9 Å². The van der Waals surface area contributed by atoms with Gasteiger partial charge < -0.3 is 14.6 Å². The number of rotatable bonds is 5. The average Bonchev–Trinajstić information content (AvgIpc) is 3.17. The predicted molar refractivity (Wildman–Crippen MR) is 125 cm³/mol. The van der Waals surface area contributed by atoms with Gasteiger partial charge in [0.2, 0.25) is 0 Å². The second-order valence-electron chi connectivity index (χ2n) is 8.12. The third-order valence-electron chi connectivity index (χ3n) is 5.95. The fraction of sp³-hybridized carbons (Fsp3) is 0.148. The third-order valence-corrected chi connectivity index (χ3v) is 5.95. The first-order chi connectivity index (χ1) is 15.9. The summed E-state index contributed by atoms with van der Waals surface area (Å²) in [5.41, 5.74) is 5.41. The van der Waals surface area contributed by atoms with Crippen LogP contribution >= 0.6 is 0 Å². The average molecular weight is 459 g/mol. The van der Waals surface area contributed by atoms with Crippen molar-refractivity contribution in [1.82, 2.24) is 14.6 Å². The maximum atomic E-state index is 12.3. The van der Waals surface area contributed by atoms with Gasteiger partial charge in [-0.05, 0) is 56.2 Å². The van der Waals surface area contributed by atoms with Crippen LogP contribution in [0.5, 0.6) is 5.75 Å². The fourth-order valence-corrected chi connectivity index (χ4v) is 4.17. The summed E-state index contributed by atoms with van der Waals surface area (Å²) in [5.74, 6) is -0.829. The molecule has 7 heteroatoms. The first-order valence-electron chi connectivity index (χ1n) is 10.8. The zero-order chi connectivity index (χ0) is 23.1. The molecule has 0 saturated heterocycles. The summed E-state index contributed by atoms with van der Waals surface area (Å²) in [5, 5.41) is 17.3. The van der Waals surface area contributed by atoms with E-state index in [0.29, 0.717) is 28.0 Å². The van der Waals surface area contributed by atoms with Crippen LogP contribution in [0, 0.1) is 13.8 Å². The Kier molecular flexibility index (Phi) is 6.75. The van der Waals surface area contributed by atoms with Crippen molar-refractivity contribution in [2.75, 3.05) is 0 Å². The molecule has 5 aromatic rings. The molecule has 2 aromatic carbocycles. The Morgan fingerprint density at radius 2 is 1.76 bits per heavy atom. The van der Waals surface area contributed by atoms with Crippen LogP contribution in [-0.2, 0) is 0 Å². The van der Waals surface area contributed by atoms with Crippen molar-refractivity contribution < 1.29 is 44.2 Å². The second kappa shape index (κ2) is 9.58. The Labute approximate surface area is 219 Å². The van der Waals surface area contributed by atoms with E-state index in [9.17, 15) is 9.90 Å². The zero-order valence-corrected chi connectivity index (χ0v) is 21.6. The van der Waals surface area contributed by atoms with Crippen LogP contribution in [0.2, 0.25) is 0 Å². The van der Waals surface area contributed by atoms with Gasteiger partial charge in [-0.2, -0.15) is 5.10 Å². The maximum absolute atomic E-state index is 12.3. The molecule has 3 aromatic heterocycles.